The molecule has 1 aliphatic rings. The minimum atomic E-state index is -4.98. The summed E-state index contributed by atoms with van der Waals surface area (Å²) >= 11 is 0. The van der Waals surface area contributed by atoms with Crippen LogP contribution < -0.4 is 9.88 Å². The predicted octanol–water partition coefficient (Wildman–Crippen LogP) is 4.88. The number of halogens is 4. The molecule has 0 bridgehead atoms. The molecule has 1 aliphatic heterocycles. The van der Waals surface area contributed by atoms with E-state index in [1.165, 1.54) is 4.90 Å². The van der Waals surface area contributed by atoms with E-state index in [2.05, 4.69) is 5.32 Å². The number of rotatable bonds is 7. The van der Waals surface area contributed by atoms with E-state index >= 15 is 0 Å². The van der Waals surface area contributed by atoms with Crippen molar-refractivity contribution in [2.24, 2.45) is 5.92 Å². The van der Waals surface area contributed by atoms with Gasteiger partial charge in [-0.3, -0.25) is 4.79 Å². The Morgan fingerprint density at radius 2 is 1.79 bits per heavy atom. The maximum atomic E-state index is 12.9. The van der Waals surface area contributed by atoms with Gasteiger partial charge in [0, 0.05) is 29.8 Å². The molecule has 34 heavy (non-hydrogen) atoms. The highest BCUT2D eigenvalue weighted by Crippen LogP contribution is 2.36. The first-order chi connectivity index (χ1) is 15.5. The van der Waals surface area contributed by atoms with E-state index in [1.54, 1.807) is 24.5 Å². The van der Waals surface area contributed by atoms with E-state index in [9.17, 15) is 27.9 Å². The Hall–Kier alpha value is -2.62. The van der Waals surface area contributed by atoms with Crippen LogP contribution in [0.4, 0.5) is 18.0 Å². The van der Waals surface area contributed by atoms with Crippen molar-refractivity contribution >= 4 is 29.0 Å². The van der Waals surface area contributed by atoms with Crippen molar-refractivity contribution in [3.8, 4) is 0 Å². The average molecular weight is 545 g/mol. The number of alkyl halides is 3. The first-order valence-electron chi connectivity index (χ1n) is 10.9. The van der Waals surface area contributed by atoms with Gasteiger partial charge in [-0.15, -0.1) is 17.0 Å². The second kappa shape index (κ2) is 11.2. The fraction of sp³-hybridized carbons (Fsp3) is 0.458. The van der Waals surface area contributed by atoms with Crippen LogP contribution in [-0.2, 0) is 11.3 Å². The predicted molar refractivity (Wildman–Crippen MR) is 126 cm³/mol. The molecule has 6 nitrogen and oxygen atoms in total. The molecule has 2 N–H and O–H groups in total. The molecule has 186 valence electrons. The van der Waals surface area contributed by atoms with Crippen LogP contribution in [0.1, 0.15) is 50.3 Å². The Labute approximate surface area is 207 Å². The lowest BCUT2D eigenvalue weighted by atomic mass is 9.90. The first kappa shape index (κ1) is 27.6. The number of likely N-dealkylation sites (tertiary alicyclic amines) is 1. The Morgan fingerprint density at radius 1 is 1.18 bits per heavy atom. The summed E-state index contributed by atoms with van der Waals surface area (Å²) in [5.74, 6) is -1.97. The van der Waals surface area contributed by atoms with E-state index in [1.807, 2.05) is 48.7 Å². The van der Waals surface area contributed by atoms with E-state index in [0.29, 0.717) is 31.5 Å². The zero-order chi connectivity index (χ0) is 24.2. The number of amides is 2. The van der Waals surface area contributed by atoms with Gasteiger partial charge >= 0.3 is 18.2 Å². The van der Waals surface area contributed by atoms with Gasteiger partial charge in [-0.25, -0.2) is 9.36 Å². The third-order valence-corrected chi connectivity index (χ3v) is 6.14. The van der Waals surface area contributed by atoms with Gasteiger partial charge in [0.2, 0.25) is 0 Å². The Morgan fingerprint density at radius 3 is 2.32 bits per heavy atom. The first-order valence-corrected chi connectivity index (χ1v) is 10.9. The normalized spacial score (nSPS) is 18.1. The third-order valence-electron chi connectivity index (χ3n) is 6.14. The lowest BCUT2D eigenvalue weighted by Crippen LogP contribution is -2.41. The second-order valence-corrected chi connectivity index (χ2v) is 9.17. The minimum Gasteiger partial charge on any atom is -0.465 e. The average Bonchev–Trinajstić information content (AvgIpc) is 3.06. The van der Waals surface area contributed by atoms with E-state index in [4.69, 9.17) is 0 Å². The summed E-state index contributed by atoms with van der Waals surface area (Å²) in [7, 11) is 0. The number of carboxylic acid groups (broad SMARTS) is 1. The molecule has 2 heterocycles. The van der Waals surface area contributed by atoms with Crippen molar-refractivity contribution in [1.29, 1.82) is 0 Å². The summed E-state index contributed by atoms with van der Waals surface area (Å²) in [6.07, 6.45) is -1.04. The molecule has 1 aromatic carbocycles. The van der Waals surface area contributed by atoms with Crippen LogP contribution in [0.5, 0.6) is 0 Å². The summed E-state index contributed by atoms with van der Waals surface area (Å²) in [4.78, 5) is 24.5. The van der Waals surface area contributed by atoms with Crippen molar-refractivity contribution in [3.63, 3.8) is 0 Å². The van der Waals surface area contributed by atoms with Crippen LogP contribution in [0, 0.1) is 5.92 Å². The maximum absolute atomic E-state index is 12.9. The van der Waals surface area contributed by atoms with Crippen molar-refractivity contribution in [2.75, 3.05) is 6.54 Å². The number of hydrogen-bond donors (Lipinski definition) is 2. The lowest BCUT2D eigenvalue weighted by Gasteiger charge is -2.28. The van der Waals surface area contributed by atoms with Gasteiger partial charge in [-0.2, -0.15) is 13.2 Å². The highest BCUT2D eigenvalue weighted by atomic mass is 79.9. The Kier molecular flexibility index (Phi) is 9.10. The number of carbonyl (C=O) groups excluding carboxylic acids is 1. The molecule has 0 aliphatic carbocycles. The molecule has 2 aromatic rings. The van der Waals surface area contributed by atoms with Gasteiger partial charge < -0.3 is 15.3 Å². The molecule has 0 radical (unpaired) electrons. The highest BCUT2D eigenvalue weighted by molar-refractivity contribution is 8.93. The van der Waals surface area contributed by atoms with Crippen LogP contribution in [0.3, 0.4) is 0 Å². The molecule has 1 unspecified atom stereocenters. The van der Waals surface area contributed by atoms with Gasteiger partial charge in [-0.05, 0) is 44.6 Å². The number of nitrogens with zero attached hydrogens (tertiary/aromatic N) is 2. The van der Waals surface area contributed by atoms with Crippen LogP contribution in [0.25, 0.3) is 0 Å². The van der Waals surface area contributed by atoms with Crippen molar-refractivity contribution in [3.05, 3.63) is 66.0 Å². The quantitative estimate of drug-likeness (QED) is 0.488. The number of hydrogen-bond acceptors (Lipinski definition) is 2. The van der Waals surface area contributed by atoms with Gasteiger partial charge in [0.1, 0.15) is 0 Å². The van der Waals surface area contributed by atoms with Crippen LogP contribution in [0.15, 0.2) is 54.9 Å². The van der Waals surface area contributed by atoms with Crippen molar-refractivity contribution in [2.45, 2.75) is 57.4 Å². The Balaban J connectivity index is 0.00000408. The number of aromatic nitrogens is 1. The van der Waals surface area contributed by atoms with Crippen LogP contribution in [0.2, 0.25) is 0 Å². The zero-order valence-corrected chi connectivity index (χ0v) is 20.8. The monoisotopic (exact) mass is 544 g/mol. The number of carbonyl (C=O) groups is 2. The molecule has 1 aromatic heterocycles. The second-order valence-electron chi connectivity index (χ2n) is 9.17. The van der Waals surface area contributed by atoms with Crippen molar-refractivity contribution < 1.29 is 32.4 Å². The highest BCUT2D eigenvalue weighted by Gasteiger charge is 2.42. The summed E-state index contributed by atoms with van der Waals surface area (Å²) in [5.41, 5.74) is 1.13. The van der Waals surface area contributed by atoms with E-state index < -0.39 is 29.8 Å². The molecular formula is C24H30BrF3N3O3+. The zero-order valence-electron chi connectivity index (χ0n) is 19.1. The largest absolute Gasteiger partial charge is 0.471 e. The molecule has 2 amide bonds. The third kappa shape index (κ3) is 7.19. The minimum absolute atomic E-state index is 0. The number of pyridine rings is 1. The summed E-state index contributed by atoms with van der Waals surface area (Å²) in [6, 6.07) is 12.4. The molecule has 10 heteroatoms. The Bertz CT molecular complexity index is 969. The molecule has 1 saturated heterocycles. The number of benzene rings is 1. The van der Waals surface area contributed by atoms with Crippen LogP contribution in [-0.4, -0.2) is 40.3 Å². The fourth-order valence-corrected chi connectivity index (χ4v) is 4.48. The van der Waals surface area contributed by atoms with Crippen LogP contribution >= 0.6 is 17.0 Å². The standard InChI is InChI=1S/C24H28F3N3O3.BrH/c1-23(2)14-18(16-30(23)22(32)33)8-9-20(28-21(31)24(25,26)27)19-10-12-29(13-11-19)15-17-6-4-3-5-7-17;/h3-7,10-13,18,20H,8-9,14-16H2,1-2H3,(H-,28,31,32,33);1H/p+1/t18-,20?;/m0./s1. The fourth-order valence-electron chi connectivity index (χ4n) is 4.48. The molecule has 0 spiro atoms. The van der Waals surface area contributed by atoms with Gasteiger partial charge in [-0.1, -0.05) is 30.3 Å². The van der Waals surface area contributed by atoms with E-state index in [-0.39, 0.29) is 29.3 Å². The number of nitrogens with one attached hydrogen (secondary N) is 1. The lowest BCUT2D eigenvalue weighted by molar-refractivity contribution is -0.688. The maximum Gasteiger partial charge on any atom is 0.471 e. The summed E-state index contributed by atoms with van der Waals surface area (Å²) in [6.45, 7) is 4.62. The molecule has 0 saturated carbocycles. The van der Waals surface area contributed by atoms with Gasteiger partial charge in [0.05, 0.1) is 6.04 Å². The smallest absolute Gasteiger partial charge is 0.465 e. The molecule has 1 fully saturated rings. The van der Waals surface area contributed by atoms with Crippen molar-refractivity contribution in [1.82, 2.24) is 10.2 Å². The summed E-state index contributed by atoms with van der Waals surface area (Å²) in [5, 5.41) is 11.5. The molecule has 3 rings (SSSR count). The summed E-state index contributed by atoms with van der Waals surface area (Å²) < 4.78 is 40.7. The van der Waals surface area contributed by atoms with Gasteiger partial charge in [0.15, 0.2) is 18.9 Å². The topological polar surface area (TPSA) is 73.5 Å². The SMILES string of the molecule is Br.CC1(C)C[C@H](CCC(NC(=O)C(F)(F)F)c2cc[n+](Cc3ccccc3)cc2)CN1C(=O)O. The van der Waals surface area contributed by atoms with E-state index in [0.717, 1.165) is 5.56 Å². The van der Waals surface area contributed by atoms with Gasteiger partial charge in [0.25, 0.3) is 0 Å². The molecular weight excluding hydrogens is 515 g/mol. The molecule has 2 atom stereocenters.